The van der Waals surface area contributed by atoms with Crippen LogP contribution in [0.1, 0.15) is 12.5 Å². The van der Waals surface area contributed by atoms with Crippen LogP contribution in [-0.4, -0.2) is 36.4 Å². The molecule has 2 aromatic carbocycles. The average Bonchev–Trinajstić information content (AvgIpc) is 2.66. The van der Waals surface area contributed by atoms with Crippen molar-refractivity contribution in [2.24, 2.45) is 0 Å². The molecule has 0 bridgehead atoms. The molecule has 2 amide bonds. The lowest BCUT2D eigenvalue weighted by atomic mass is 10.1. The minimum atomic E-state index is -0.726. The molecule has 28 heavy (non-hydrogen) atoms. The average molecular weight is 464 g/mol. The standard InChI is InChI=1S/C19H18Cl4N2O3/c1-11(19(27)24-2)25(9-12-3-5-14(21)15(22)7-12)18(26)10-28-17-6-4-13(20)8-16(17)23/h3-8,11H,9-10H2,1-2H3,(H,24,27)/t11-/m0/s1. The van der Waals surface area contributed by atoms with Crippen LogP contribution < -0.4 is 10.1 Å². The Hall–Kier alpha value is -1.66. The molecular formula is C19H18Cl4N2O3. The van der Waals surface area contributed by atoms with Crippen LogP contribution in [0.2, 0.25) is 20.1 Å². The molecule has 0 saturated heterocycles. The van der Waals surface area contributed by atoms with Crippen molar-refractivity contribution in [3.8, 4) is 5.75 Å². The highest BCUT2D eigenvalue weighted by Crippen LogP contribution is 2.28. The van der Waals surface area contributed by atoms with Gasteiger partial charge in [-0.2, -0.15) is 0 Å². The SMILES string of the molecule is CNC(=O)[C@H](C)N(Cc1ccc(Cl)c(Cl)c1)C(=O)COc1ccc(Cl)cc1Cl. The van der Waals surface area contributed by atoms with E-state index in [0.29, 0.717) is 20.8 Å². The van der Waals surface area contributed by atoms with E-state index in [1.54, 1.807) is 37.3 Å². The van der Waals surface area contributed by atoms with Gasteiger partial charge in [-0.25, -0.2) is 0 Å². The second kappa shape index (κ2) is 10.2. The van der Waals surface area contributed by atoms with Crippen LogP contribution in [0.5, 0.6) is 5.75 Å². The van der Waals surface area contributed by atoms with Gasteiger partial charge in [-0.1, -0.05) is 52.5 Å². The zero-order valence-electron chi connectivity index (χ0n) is 15.1. The highest BCUT2D eigenvalue weighted by Gasteiger charge is 2.26. The summed E-state index contributed by atoms with van der Waals surface area (Å²) in [5, 5.41) is 4.05. The fraction of sp³-hybridized carbons (Fsp3) is 0.263. The van der Waals surface area contributed by atoms with Gasteiger partial charge < -0.3 is 15.0 Å². The predicted octanol–water partition coefficient (Wildman–Crippen LogP) is 4.84. The summed E-state index contributed by atoms with van der Waals surface area (Å²) in [5.74, 6) is -0.382. The van der Waals surface area contributed by atoms with Crippen LogP contribution in [0.4, 0.5) is 0 Å². The number of likely N-dealkylation sites (N-methyl/N-ethyl adjacent to an activating group) is 1. The Labute approximate surface area is 183 Å². The molecule has 150 valence electrons. The van der Waals surface area contributed by atoms with Gasteiger partial charge in [0.1, 0.15) is 11.8 Å². The second-order valence-corrected chi connectivity index (χ2v) is 7.58. The lowest BCUT2D eigenvalue weighted by Gasteiger charge is -2.28. The van der Waals surface area contributed by atoms with E-state index in [1.165, 1.54) is 18.0 Å². The number of hydrogen-bond donors (Lipinski definition) is 1. The van der Waals surface area contributed by atoms with Crippen LogP contribution in [0.3, 0.4) is 0 Å². The number of nitrogens with one attached hydrogen (secondary N) is 1. The fourth-order valence-electron chi connectivity index (χ4n) is 2.44. The molecule has 0 fully saturated rings. The molecule has 0 saturated carbocycles. The number of ether oxygens (including phenoxy) is 1. The fourth-order valence-corrected chi connectivity index (χ4v) is 3.22. The molecule has 0 aromatic heterocycles. The van der Waals surface area contributed by atoms with Crippen molar-refractivity contribution >= 4 is 58.2 Å². The minimum Gasteiger partial charge on any atom is -0.482 e. The Balaban J connectivity index is 2.18. The molecule has 0 radical (unpaired) electrons. The first kappa shape index (κ1) is 22.6. The Morgan fingerprint density at radius 2 is 1.75 bits per heavy atom. The van der Waals surface area contributed by atoms with Crippen molar-refractivity contribution in [2.75, 3.05) is 13.7 Å². The Morgan fingerprint density at radius 3 is 2.36 bits per heavy atom. The van der Waals surface area contributed by atoms with Gasteiger partial charge >= 0.3 is 0 Å². The molecule has 1 atom stereocenters. The lowest BCUT2D eigenvalue weighted by Crippen LogP contribution is -2.48. The molecule has 0 unspecified atom stereocenters. The largest absolute Gasteiger partial charge is 0.482 e. The summed E-state index contributed by atoms with van der Waals surface area (Å²) in [5.41, 5.74) is 0.725. The summed E-state index contributed by atoms with van der Waals surface area (Å²) in [4.78, 5) is 26.3. The predicted molar refractivity (Wildman–Crippen MR) is 112 cm³/mol. The first-order chi connectivity index (χ1) is 13.2. The summed E-state index contributed by atoms with van der Waals surface area (Å²) >= 11 is 23.9. The van der Waals surface area contributed by atoms with E-state index >= 15 is 0 Å². The van der Waals surface area contributed by atoms with E-state index in [-0.39, 0.29) is 24.1 Å². The maximum absolute atomic E-state index is 12.8. The van der Waals surface area contributed by atoms with Crippen molar-refractivity contribution in [3.05, 3.63) is 62.1 Å². The molecule has 1 N–H and O–H groups in total. The molecular weight excluding hydrogens is 446 g/mol. The highest BCUT2D eigenvalue weighted by atomic mass is 35.5. The van der Waals surface area contributed by atoms with E-state index in [1.807, 2.05) is 0 Å². The molecule has 9 heteroatoms. The molecule has 0 heterocycles. The number of amides is 2. The number of halogens is 4. The molecule has 0 spiro atoms. The van der Waals surface area contributed by atoms with Crippen LogP contribution in [0, 0.1) is 0 Å². The summed E-state index contributed by atoms with van der Waals surface area (Å²) in [6, 6.07) is 8.99. The number of hydrogen-bond acceptors (Lipinski definition) is 3. The molecule has 2 aromatic rings. The van der Waals surface area contributed by atoms with E-state index in [0.717, 1.165) is 5.56 Å². The monoisotopic (exact) mass is 462 g/mol. The number of nitrogens with zero attached hydrogens (tertiary/aromatic N) is 1. The Morgan fingerprint density at radius 1 is 1.04 bits per heavy atom. The lowest BCUT2D eigenvalue weighted by molar-refractivity contribution is -0.142. The number of rotatable bonds is 7. The molecule has 2 rings (SSSR count). The first-order valence-electron chi connectivity index (χ1n) is 8.25. The van der Waals surface area contributed by atoms with Gasteiger partial charge in [-0.3, -0.25) is 9.59 Å². The van der Waals surface area contributed by atoms with Gasteiger partial charge in [0.05, 0.1) is 15.1 Å². The normalized spacial score (nSPS) is 11.6. The highest BCUT2D eigenvalue weighted by molar-refractivity contribution is 6.42. The maximum atomic E-state index is 12.8. The van der Waals surface area contributed by atoms with Crippen LogP contribution in [-0.2, 0) is 16.1 Å². The van der Waals surface area contributed by atoms with Crippen LogP contribution in [0.15, 0.2) is 36.4 Å². The number of carbonyl (C=O) groups is 2. The Bertz CT molecular complexity index is 876. The minimum absolute atomic E-state index is 0.155. The smallest absolute Gasteiger partial charge is 0.261 e. The van der Waals surface area contributed by atoms with E-state index in [9.17, 15) is 9.59 Å². The zero-order chi connectivity index (χ0) is 20.8. The van der Waals surface area contributed by atoms with Crippen molar-refractivity contribution in [3.63, 3.8) is 0 Å². The Kier molecular flexibility index (Phi) is 8.25. The summed E-state index contributed by atoms with van der Waals surface area (Å²) in [7, 11) is 1.50. The molecule has 0 aliphatic heterocycles. The van der Waals surface area contributed by atoms with E-state index in [4.69, 9.17) is 51.1 Å². The third-order valence-electron chi connectivity index (χ3n) is 4.00. The van der Waals surface area contributed by atoms with Crippen LogP contribution >= 0.6 is 46.4 Å². The van der Waals surface area contributed by atoms with Gasteiger partial charge in [0.15, 0.2) is 6.61 Å². The van der Waals surface area contributed by atoms with Gasteiger partial charge in [-0.05, 0) is 42.8 Å². The number of benzene rings is 2. The van der Waals surface area contributed by atoms with Crippen molar-refractivity contribution in [2.45, 2.75) is 19.5 Å². The molecule has 0 aliphatic rings. The third-order valence-corrected chi connectivity index (χ3v) is 5.27. The summed E-state index contributed by atoms with van der Waals surface area (Å²) < 4.78 is 5.52. The first-order valence-corrected chi connectivity index (χ1v) is 9.77. The topological polar surface area (TPSA) is 58.6 Å². The number of carbonyl (C=O) groups excluding carboxylic acids is 2. The summed E-state index contributed by atoms with van der Waals surface area (Å²) in [6.45, 7) is 1.48. The van der Waals surface area contributed by atoms with Crippen molar-refractivity contribution in [1.29, 1.82) is 0 Å². The second-order valence-electron chi connectivity index (χ2n) is 5.92. The van der Waals surface area contributed by atoms with E-state index < -0.39 is 11.9 Å². The maximum Gasteiger partial charge on any atom is 0.261 e. The van der Waals surface area contributed by atoms with Crippen LogP contribution in [0.25, 0.3) is 0 Å². The zero-order valence-corrected chi connectivity index (χ0v) is 18.2. The summed E-state index contributed by atoms with van der Waals surface area (Å²) in [6.07, 6.45) is 0. The van der Waals surface area contributed by atoms with E-state index in [2.05, 4.69) is 5.32 Å². The molecule has 5 nitrogen and oxygen atoms in total. The van der Waals surface area contributed by atoms with Gasteiger partial charge in [0.2, 0.25) is 5.91 Å². The quantitative estimate of drug-likeness (QED) is 0.638. The van der Waals surface area contributed by atoms with Gasteiger partial charge in [-0.15, -0.1) is 0 Å². The third kappa shape index (κ3) is 5.92. The van der Waals surface area contributed by atoms with Gasteiger partial charge in [0.25, 0.3) is 5.91 Å². The van der Waals surface area contributed by atoms with Crippen molar-refractivity contribution < 1.29 is 14.3 Å². The van der Waals surface area contributed by atoms with Crippen molar-refractivity contribution in [1.82, 2.24) is 10.2 Å². The van der Waals surface area contributed by atoms with Gasteiger partial charge in [0, 0.05) is 18.6 Å². The molecule has 0 aliphatic carbocycles.